The second kappa shape index (κ2) is 5.83. The zero-order valence-electron chi connectivity index (χ0n) is 13.0. The van der Waals surface area contributed by atoms with Crippen LogP contribution in [0.1, 0.15) is 18.2 Å². The number of nitrogens with zero attached hydrogens (tertiary/aromatic N) is 1. The average molecular weight is 354 g/mol. The molecule has 1 atom stereocenters. The second-order valence-corrected chi connectivity index (χ2v) is 5.62. The van der Waals surface area contributed by atoms with Crippen molar-refractivity contribution >= 4 is 11.9 Å². The summed E-state index contributed by atoms with van der Waals surface area (Å²) < 4.78 is 45.5. The van der Waals surface area contributed by atoms with Gasteiger partial charge in [-0.2, -0.15) is 0 Å². The minimum absolute atomic E-state index is 0.0900. The van der Waals surface area contributed by atoms with Gasteiger partial charge in [-0.05, 0) is 36.8 Å². The van der Waals surface area contributed by atoms with Crippen molar-refractivity contribution in [2.45, 2.75) is 25.4 Å². The zero-order chi connectivity index (χ0) is 18.2. The van der Waals surface area contributed by atoms with Crippen LogP contribution in [0.25, 0.3) is 0 Å². The highest BCUT2D eigenvalue weighted by atomic mass is 19.4. The molecule has 0 radical (unpaired) electrons. The number of hydrogen-bond donors (Lipinski definition) is 1. The molecule has 6 nitrogen and oxygen atoms in total. The third kappa shape index (κ3) is 3.30. The van der Waals surface area contributed by atoms with Gasteiger partial charge in [-0.3, -0.25) is 9.69 Å². The number of urea groups is 1. The highest BCUT2D eigenvalue weighted by Gasteiger charge is 2.50. The van der Waals surface area contributed by atoms with Gasteiger partial charge in [0, 0.05) is 0 Å². The van der Waals surface area contributed by atoms with Crippen LogP contribution in [0, 0.1) is 0 Å². The van der Waals surface area contributed by atoms with E-state index in [0.29, 0.717) is 11.3 Å². The van der Waals surface area contributed by atoms with Gasteiger partial charge in [0.25, 0.3) is 5.91 Å². The Hall–Kier alpha value is -2.97. The number of benzene rings is 1. The first-order valence-electron chi connectivity index (χ1n) is 7.22. The Morgan fingerprint density at radius 1 is 1.20 bits per heavy atom. The van der Waals surface area contributed by atoms with Gasteiger partial charge < -0.3 is 14.5 Å². The molecule has 3 amide bonds. The molecule has 1 saturated heterocycles. The fourth-order valence-electron chi connectivity index (χ4n) is 2.55. The fourth-order valence-corrected chi connectivity index (χ4v) is 2.55. The number of carbonyl (C=O) groups is 2. The van der Waals surface area contributed by atoms with Crippen molar-refractivity contribution in [1.29, 1.82) is 0 Å². The topological polar surface area (TPSA) is 71.8 Å². The first kappa shape index (κ1) is 16.9. The van der Waals surface area contributed by atoms with Crippen LogP contribution in [0.5, 0.6) is 5.75 Å². The van der Waals surface area contributed by atoms with Crippen molar-refractivity contribution in [3.8, 4) is 5.75 Å². The Labute approximate surface area is 140 Å². The molecular formula is C16H13F3N2O4. The van der Waals surface area contributed by atoms with Crippen LogP contribution in [0.4, 0.5) is 18.0 Å². The summed E-state index contributed by atoms with van der Waals surface area (Å²) in [4.78, 5) is 25.7. The quantitative estimate of drug-likeness (QED) is 0.857. The van der Waals surface area contributed by atoms with Crippen LogP contribution < -0.4 is 10.1 Å². The van der Waals surface area contributed by atoms with E-state index in [1.54, 1.807) is 12.1 Å². The van der Waals surface area contributed by atoms with Crippen LogP contribution >= 0.6 is 0 Å². The van der Waals surface area contributed by atoms with Crippen LogP contribution in [0.2, 0.25) is 0 Å². The second-order valence-electron chi connectivity index (χ2n) is 5.62. The number of alkyl halides is 3. The summed E-state index contributed by atoms with van der Waals surface area (Å²) in [5, 5.41) is 2.57. The van der Waals surface area contributed by atoms with Crippen LogP contribution in [0.15, 0.2) is 47.1 Å². The number of ether oxygens (including phenoxy) is 1. The lowest BCUT2D eigenvalue weighted by molar-refractivity contribution is -0.274. The number of nitrogens with one attached hydrogen (secondary N) is 1. The minimum Gasteiger partial charge on any atom is -0.466 e. The van der Waals surface area contributed by atoms with Gasteiger partial charge in [-0.25, -0.2) is 4.79 Å². The van der Waals surface area contributed by atoms with Gasteiger partial charge in [-0.1, -0.05) is 12.1 Å². The third-order valence-electron chi connectivity index (χ3n) is 3.79. The maximum absolute atomic E-state index is 12.6. The molecule has 0 spiro atoms. The normalized spacial score (nSPS) is 20.7. The number of amides is 3. The molecule has 3 rings (SSSR count). The fraction of sp³-hybridized carbons (Fsp3) is 0.250. The van der Waals surface area contributed by atoms with Crippen LogP contribution in [-0.4, -0.2) is 23.2 Å². The summed E-state index contributed by atoms with van der Waals surface area (Å²) in [6.45, 7) is 1.43. The molecule has 1 aliphatic rings. The number of furan rings is 1. The molecule has 1 aliphatic heterocycles. The number of rotatable bonds is 4. The smallest absolute Gasteiger partial charge is 0.466 e. The van der Waals surface area contributed by atoms with Crippen molar-refractivity contribution in [1.82, 2.24) is 10.2 Å². The molecular weight excluding hydrogens is 341 g/mol. The molecule has 0 aliphatic carbocycles. The van der Waals surface area contributed by atoms with Crippen molar-refractivity contribution < 1.29 is 31.9 Å². The standard InChI is InChI=1S/C16H13F3N2O4/c1-15(12-3-2-8-24-12)13(22)21(14(23)20-15)9-10-4-6-11(7-5-10)25-16(17,18)19/h2-8H,9H2,1H3,(H,20,23). The Kier molecular flexibility index (Phi) is 3.94. The zero-order valence-corrected chi connectivity index (χ0v) is 13.0. The molecule has 1 aromatic carbocycles. The molecule has 1 aromatic heterocycles. The summed E-state index contributed by atoms with van der Waals surface area (Å²) in [5.41, 5.74) is -0.846. The first-order valence-corrected chi connectivity index (χ1v) is 7.22. The number of imide groups is 1. The van der Waals surface area contributed by atoms with Gasteiger partial charge in [-0.15, -0.1) is 13.2 Å². The van der Waals surface area contributed by atoms with E-state index >= 15 is 0 Å². The van der Waals surface area contributed by atoms with E-state index in [9.17, 15) is 22.8 Å². The van der Waals surface area contributed by atoms with Crippen LogP contribution in [0.3, 0.4) is 0 Å². The Balaban J connectivity index is 1.75. The van der Waals surface area contributed by atoms with E-state index < -0.39 is 23.8 Å². The average Bonchev–Trinajstić information content (AvgIpc) is 3.12. The molecule has 1 N–H and O–H groups in total. The lowest BCUT2D eigenvalue weighted by atomic mass is 9.99. The predicted molar refractivity (Wildman–Crippen MR) is 78.3 cm³/mol. The molecule has 1 unspecified atom stereocenters. The lowest BCUT2D eigenvalue weighted by Gasteiger charge is -2.19. The molecule has 1 fully saturated rings. The monoisotopic (exact) mass is 354 g/mol. The van der Waals surface area contributed by atoms with Crippen molar-refractivity contribution in [3.05, 3.63) is 54.0 Å². The summed E-state index contributed by atoms with van der Waals surface area (Å²) >= 11 is 0. The van der Waals surface area contributed by atoms with Gasteiger partial charge in [0.05, 0.1) is 12.8 Å². The molecule has 25 heavy (non-hydrogen) atoms. The van der Waals surface area contributed by atoms with Crippen molar-refractivity contribution in [2.75, 3.05) is 0 Å². The van der Waals surface area contributed by atoms with Crippen molar-refractivity contribution in [2.24, 2.45) is 0 Å². The van der Waals surface area contributed by atoms with Gasteiger partial charge in [0.15, 0.2) is 5.54 Å². The van der Waals surface area contributed by atoms with Crippen LogP contribution in [-0.2, 0) is 16.9 Å². The van der Waals surface area contributed by atoms with Gasteiger partial charge in [0.1, 0.15) is 11.5 Å². The highest BCUT2D eigenvalue weighted by Crippen LogP contribution is 2.30. The highest BCUT2D eigenvalue weighted by molar-refractivity contribution is 6.06. The number of halogens is 3. The maximum atomic E-state index is 12.6. The van der Waals surface area contributed by atoms with E-state index in [1.807, 2.05) is 0 Å². The largest absolute Gasteiger partial charge is 0.573 e. The summed E-state index contributed by atoms with van der Waals surface area (Å²) in [7, 11) is 0. The van der Waals surface area contributed by atoms with Gasteiger partial charge in [0.2, 0.25) is 0 Å². The Morgan fingerprint density at radius 2 is 1.88 bits per heavy atom. The third-order valence-corrected chi connectivity index (χ3v) is 3.79. The first-order chi connectivity index (χ1) is 11.7. The van der Waals surface area contributed by atoms with E-state index in [1.165, 1.54) is 25.3 Å². The molecule has 9 heteroatoms. The summed E-state index contributed by atoms with van der Waals surface area (Å²) in [6, 6.07) is 7.50. The number of carbonyl (C=O) groups excluding carboxylic acids is 2. The Morgan fingerprint density at radius 3 is 2.44 bits per heavy atom. The summed E-state index contributed by atoms with van der Waals surface area (Å²) in [6.07, 6.45) is -3.39. The van der Waals surface area contributed by atoms with E-state index in [-0.39, 0.29) is 12.3 Å². The molecule has 132 valence electrons. The van der Waals surface area contributed by atoms with Crippen molar-refractivity contribution in [3.63, 3.8) is 0 Å². The minimum atomic E-state index is -4.78. The predicted octanol–water partition coefficient (Wildman–Crippen LogP) is 3.15. The maximum Gasteiger partial charge on any atom is 0.573 e. The lowest BCUT2D eigenvalue weighted by Crippen LogP contribution is -2.40. The Bertz CT molecular complexity index is 787. The molecule has 2 heterocycles. The van der Waals surface area contributed by atoms with Gasteiger partial charge >= 0.3 is 12.4 Å². The van der Waals surface area contributed by atoms with E-state index in [0.717, 1.165) is 17.0 Å². The summed E-state index contributed by atoms with van der Waals surface area (Å²) in [5.74, 6) is -0.598. The molecule has 2 aromatic rings. The number of hydrogen-bond acceptors (Lipinski definition) is 4. The molecule has 0 saturated carbocycles. The molecule has 0 bridgehead atoms. The van der Waals surface area contributed by atoms with E-state index in [4.69, 9.17) is 4.42 Å². The van der Waals surface area contributed by atoms with E-state index in [2.05, 4.69) is 10.1 Å². The SMILES string of the molecule is CC1(c2ccco2)NC(=O)N(Cc2ccc(OC(F)(F)F)cc2)C1=O.